The molecule has 2 aromatic carbocycles. The van der Waals surface area contributed by atoms with E-state index in [4.69, 9.17) is 0 Å². The Hall–Kier alpha value is -3.03. The van der Waals surface area contributed by atoms with Gasteiger partial charge in [0.25, 0.3) is 5.91 Å². The van der Waals surface area contributed by atoms with E-state index < -0.39 is 28.9 Å². The molecular formula is C15H10F3N3O2. The average Bonchev–Trinajstić information content (AvgIpc) is 2.89. The zero-order valence-corrected chi connectivity index (χ0v) is 11.5. The number of nitrogens with one attached hydrogen (secondary N) is 3. The van der Waals surface area contributed by atoms with Crippen LogP contribution in [0.2, 0.25) is 0 Å². The normalized spacial score (nSPS) is 10.9. The van der Waals surface area contributed by atoms with E-state index in [1.54, 1.807) is 18.2 Å². The van der Waals surface area contributed by atoms with Gasteiger partial charge in [-0.3, -0.25) is 4.79 Å². The highest BCUT2D eigenvalue weighted by atomic mass is 19.2. The molecule has 3 N–H and O–H groups in total. The maximum Gasteiger partial charge on any atom is 0.323 e. The molecule has 0 saturated heterocycles. The number of hydrogen-bond acceptors (Lipinski definition) is 2. The molecule has 0 aliphatic rings. The fraction of sp³-hybridized carbons (Fsp3) is 0.0667. The van der Waals surface area contributed by atoms with E-state index in [1.165, 1.54) is 0 Å². The lowest BCUT2D eigenvalue weighted by Crippen LogP contribution is -2.24. The lowest BCUT2D eigenvalue weighted by Gasteiger charge is -2.07. The van der Waals surface area contributed by atoms with Crippen molar-refractivity contribution in [1.29, 1.82) is 0 Å². The van der Waals surface area contributed by atoms with E-state index in [9.17, 15) is 22.8 Å². The second-order valence-corrected chi connectivity index (χ2v) is 4.86. The van der Waals surface area contributed by atoms with Gasteiger partial charge in [0, 0.05) is 6.54 Å². The van der Waals surface area contributed by atoms with Crippen LogP contribution in [0.5, 0.6) is 0 Å². The lowest BCUT2D eigenvalue weighted by atomic mass is 10.1. The van der Waals surface area contributed by atoms with Crippen molar-refractivity contribution >= 4 is 16.9 Å². The summed E-state index contributed by atoms with van der Waals surface area (Å²) in [4.78, 5) is 28.2. The van der Waals surface area contributed by atoms with E-state index in [-0.39, 0.29) is 12.2 Å². The van der Waals surface area contributed by atoms with Crippen molar-refractivity contribution in [2.75, 3.05) is 0 Å². The maximum atomic E-state index is 13.5. The third-order valence-electron chi connectivity index (χ3n) is 3.31. The number of amides is 1. The fourth-order valence-electron chi connectivity index (χ4n) is 2.17. The van der Waals surface area contributed by atoms with Crippen molar-refractivity contribution in [3.05, 3.63) is 69.4 Å². The van der Waals surface area contributed by atoms with Crippen molar-refractivity contribution in [3.8, 4) is 0 Å². The zero-order chi connectivity index (χ0) is 16.6. The molecule has 0 unspecified atom stereocenters. The second-order valence-electron chi connectivity index (χ2n) is 4.86. The highest BCUT2D eigenvalue weighted by Gasteiger charge is 2.18. The van der Waals surface area contributed by atoms with Gasteiger partial charge in [-0.1, -0.05) is 6.07 Å². The molecule has 0 fully saturated rings. The first kappa shape index (κ1) is 14.9. The van der Waals surface area contributed by atoms with Crippen molar-refractivity contribution in [2.45, 2.75) is 6.54 Å². The molecule has 0 spiro atoms. The van der Waals surface area contributed by atoms with Crippen LogP contribution in [0, 0.1) is 17.5 Å². The first-order valence-electron chi connectivity index (χ1n) is 6.58. The minimum Gasteiger partial charge on any atom is -0.348 e. The first-order chi connectivity index (χ1) is 11.0. The van der Waals surface area contributed by atoms with Gasteiger partial charge in [-0.05, 0) is 29.8 Å². The third kappa shape index (κ3) is 2.83. The summed E-state index contributed by atoms with van der Waals surface area (Å²) in [6.45, 7) is 0.0282. The van der Waals surface area contributed by atoms with Gasteiger partial charge < -0.3 is 15.3 Å². The SMILES string of the molecule is O=C(NCc1ccc2[nH]c(=O)[nH]c2c1)c1ccc(F)c(F)c1F. The molecule has 3 aromatic rings. The molecule has 0 saturated carbocycles. The van der Waals surface area contributed by atoms with E-state index in [2.05, 4.69) is 15.3 Å². The largest absolute Gasteiger partial charge is 0.348 e. The maximum absolute atomic E-state index is 13.5. The smallest absolute Gasteiger partial charge is 0.323 e. The van der Waals surface area contributed by atoms with Crippen LogP contribution in [0.1, 0.15) is 15.9 Å². The molecule has 3 rings (SSSR count). The molecule has 0 radical (unpaired) electrons. The quantitative estimate of drug-likeness (QED) is 0.647. The predicted molar refractivity (Wildman–Crippen MR) is 76.4 cm³/mol. The summed E-state index contributed by atoms with van der Waals surface area (Å²) in [5.74, 6) is -5.46. The number of carbonyl (C=O) groups is 1. The van der Waals surface area contributed by atoms with Crippen LogP contribution in [0.3, 0.4) is 0 Å². The van der Waals surface area contributed by atoms with Crippen LogP contribution in [-0.4, -0.2) is 15.9 Å². The Labute approximate surface area is 127 Å². The first-order valence-corrected chi connectivity index (χ1v) is 6.58. The minimum absolute atomic E-state index is 0.0282. The summed E-state index contributed by atoms with van der Waals surface area (Å²) in [6, 6.07) is 6.50. The Morgan fingerprint density at radius 1 is 1.00 bits per heavy atom. The van der Waals surface area contributed by atoms with Crippen LogP contribution in [-0.2, 0) is 6.54 Å². The number of rotatable bonds is 3. The van der Waals surface area contributed by atoms with E-state index in [1.807, 2.05) is 0 Å². The lowest BCUT2D eigenvalue weighted by molar-refractivity contribution is 0.0945. The minimum atomic E-state index is -1.69. The van der Waals surface area contributed by atoms with Crippen LogP contribution in [0.25, 0.3) is 11.0 Å². The number of imidazole rings is 1. The van der Waals surface area contributed by atoms with E-state index in [0.29, 0.717) is 22.7 Å². The Bertz CT molecular complexity index is 962. The number of aromatic nitrogens is 2. The van der Waals surface area contributed by atoms with Crippen molar-refractivity contribution in [2.24, 2.45) is 0 Å². The fourth-order valence-corrected chi connectivity index (χ4v) is 2.17. The molecule has 23 heavy (non-hydrogen) atoms. The molecule has 0 aliphatic heterocycles. The molecule has 0 atom stereocenters. The predicted octanol–water partition coefficient (Wildman–Crippen LogP) is 2.20. The molecule has 0 bridgehead atoms. The van der Waals surface area contributed by atoms with Gasteiger partial charge in [-0.15, -0.1) is 0 Å². The van der Waals surface area contributed by atoms with Crippen LogP contribution in [0.15, 0.2) is 35.1 Å². The monoisotopic (exact) mass is 321 g/mol. The molecule has 118 valence electrons. The standard InChI is InChI=1S/C15H10F3N3O2/c16-9-3-2-8(12(17)13(9)18)14(22)19-6-7-1-4-10-11(5-7)21-15(23)20-10/h1-5H,6H2,(H,19,22)(H2,20,21,23). The number of aromatic amines is 2. The summed E-state index contributed by atoms with van der Waals surface area (Å²) < 4.78 is 39.5. The number of halogens is 3. The highest BCUT2D eigenvalue weighted by molar-refractivity contribution is 5.94. The number of benzene rings is 2. The summed E-state index contributed by atoms with van der Waals surface area (Å²) in [5.41, 5.74) is 0.867. The van der Waals surface area contributed by atoms with Gasteiger partial charge >= 0.3 is 5.69 Å². The number of H-pyrrole nitrogens is 2. The van der Waals surface area contributed by atoms with E-state index >= 15 is 0 Å². The Balaban J connectivity index is 1.77. The van der Waals surface area contributed by atoms with Gasteiger partial charge in [0.1, 0.15) is 0 Å². The molecule has 5 nitrogen and oxygen atoms in total. The van der Waals surface area contributed by atoms with Gasteiger partial charge in [0.05, 0.1) is 16.6 Å². The molecular weight excluding hydrogens is 311 g/mol. The van der Waals surface area contributed by atoms with Crippen molar-refractivity contribution in [3.63, 3.8) is 0 Å². The van der Waals surface area contributed by atoms with Crippen LogP contribution in [0.4, 0.5) is 13.2 Å². The summed E-state index contributed by atoms with van der Waals surface area (Å²) >= 11 is 0. The van der Waals surface area contributed by atoms with E-state index in [0.717, 1.165) is 6.07 Å². The number of fused-ring (bicyclic) bond motifs is 1. The highest BCUT2D eigenvalue weighted by Crippen LogP contribution is 2.15. The topological polar surface area (TPSA) is 77.8 Å². The third-order valence-corrected chi connectivity index (χ3v) is 3.31. The molecule has 1 amide bonds. The summed E-state index contributed by atoms with van der Waals surface area (Å²) in [7, 11) is 0. The van der Waals surface area contributed by atoms with Gasteiger partial charge in [0.15, 0.2) is 17.5 Å². The summed E-state index contributed by atoms with van der Waals surface area (Å²) in [5, 5.41) is 2.40. The number of carbonyl (C=O) groups excluding carboxylic acids is 1. The number of hydrogen-bond donors (Lipinski definition) is 3. The van der Waals surface area contributed by atoms with Gasteiger partial charge in [-0.25, -0.2) is 18.0 Å². The Morgan fingerprint density at radius 2 is 1.74 bits per heavy atom. The van der Waals surface area contributed by atoms with Gasteiger partial charge in [-0.2, -0.15) is 0 Å². The van der Waals surface area contributed by atoms with Gasteiger partial charge in [0.2, 0.25) is 0 Å². The average molecular weight is 321 g/mol. The van der Waals surface area contributed by atoms with Crippen LogP contribution < -0.4 is 11.0 Å². The van der Waals surface area contributed by atoms with Crippen molar-refractivity contribution < 1.29 is 18.0 Å². The molecule has 8 heteroatoms. The van der Waals surface area contributed by atoms with Crippen LogP contribution >= 0.6 is 0 Å². The second kappa shape index (κ2) is 5.64. The Morgan fingerprint density at radius 3 is 2.52 bits per heavy atom. The van der Waals surface area contributed by atoms with Crippen molar-refractivity contribution in [1.82, 2.24) is 15.3 Å². The molecule has 0 aliphatic carbocycles. The zero-order valence-electron chi connectivity index (χ0n) is 11.5. The molecule has 1 aromatic heterocycles. The summed E-state index contributed by atoms with van der Waals surface area (Å²) in [6.07, 6.45) is 0. The molecule has 1 heterocycles. The Kier molecular flexibility index (Phi) is 3.65.